The van der Waals surface area contributed by atoms with Crippen molar-refractivity contribution in [3.05, 3.63) is 21.9 Å². The molecule has 0 radical (unpaired) electrons. The molecule has 0 bridgehead atoms. The van der Waals surface area contributed by atoms with Crippen LogP contribution in [-0.4, -0.2) is 48.2 Å². The quantitative estimate of drug-likeness (QED) is 0.826. The van der Waals surface area contributed by atoms with E-state index < -0.39 is 0 Å². The maximum absolute atomic E-state index is 12.2. The summed E-state index contributed by atoms with van der Waals surface area (Å²) in [5.74, 6) is 5.39. The van der Waals surface area contributed by atoms with Crippen LogP contribution in [0.5, 0.6) is 0 Å². The van der Waals surface area contributed by atoms with Gasteiger partial charge in [0.25, 0.3) is 5.91 Å². The number of likely N-dealkylation sites (N-methyl/N-ethyl adjacent to an activating group) is 1. The van der Waals surface area contributed by atoms with Crippen molar-refractivity contribution >= 4 is 17.2 Å². The van der Waals surface area contributed by atoms with E-state index in [1.165, 1.54) is 11.3 Å². The third kappa shape index (κ3) is 4.07. The number of hydrogen-bond acceptors (Lipinski definition) is 4. The maximum atomic E-state index is 12.2. The van der Waals surface area contributed by atoms with Crippen molar-refractivity contribution in [1.82, 2.24) is 10.2 Å². The maximum Gasteiger partial charge on any atom is 0.261 e. The molecule has 108 valence electrons. The number of carbonyl (C=O) groups is 1. The predicted molar refractivity (Wildman–Crippen MR) is 80.9 cm³/mol. The van der Waals surface area contributed by atoms with Gasteiger partial charge in [0.15, 0.2) is 0 Å². The Morgan fingerprint density at radius 3 is 3.20 bits per heavy atom. The van der Waals surface area contributed by atoms with Crippen LogP contribution in [0.3, 0.4) is 0 Å². The van der Waals surface area contributed by atoms with Crippen molar-refractivity contribution < 1.29 is 9.90 Å². The highest BCUT2D eigenvalue weighted by Gasteiger charge is 2.21. The van der Waals surface area contributed by atoms with Crippen molar-refractivity contribution in [2.45, 2.75) is 25.8 Å². The number of hydrogen-bond donors (Lipinski definition) is 2. The van der Waals surface area contributed by atoms with Gasteiger partial charge in [0.05, 0.1) is 9.75 Å². The lowest BCUT2D eigenvalue weighted by Gasteiger charge is -2.32. The summed E-state index contributed by atoms with van der Waals surface area (Å²) in [5.41, 5.74) is 0. The Kier molecular flexibility index (Phi) is 5.60. The number of piperidine rings is 1. The fourth-order valence-corrected chi connectivity index (χ4v) is 3.15. The van der Waals surface area contributed by atoms with Crippen molar-refractivity contribution in [2.24, 2.45) is 0 Å². The summed E-state index contributed by atoms with van der Waals surface area (Å²) in [4.78, 5) is 16.0. The van der Waals surface area contributed by atoms with E-state index in [2.05, 4.69) is 29.0 Å². The first-order valence-corrected chi connectivity index (χ1v) is 7.77. The van der Waals surface area contributed by atoms with Gasteiger partial charge in [0.2, 0.25) is 0 Å². The first-order chi connectivity index (χ1) is 9.72. The molecule has 1 aromatic rings. The highest BCUT2D eigenvalue weighted by atomic mass is 32.1. The summed E-state index contributed by atoms with van der Waals surface area (Å²) in [6, 6.07) is 3.86. The van der Waals surface area contributed by atoms with Crippen molar-refractivity contribution in [3.63, 3.8) is 0 Å². The number of aliphatic hydroxyl groups excluding tert-OH is 1. The smallest absolute Gasteiger partial charge is 0.261 e. The number of thiophene rings is 1. The van der Waals surface area contributed by atoms with Crippen molar-refractivity contribution in [2.75, 3.05) is 26.2 Å². The monoisotopic (exact) mass is 292 g/mol. The highest BCUT2D eigenvalue weighted by Crippen LogP contribution is 2.16. The Hall–Kier alpha value is -1.35. The molecule has 20 heavy (non-hydrogen) atoms. The largest absolute Gasteiger partial charge is 0.384 e. The number of nitrogens with one attached hydrogen (secondary N) is 1. The summed E-state index contributed by atoms with van der Waals surface area (Å²) in [5, 5.41) is 11.8. The molecule has 5 heteroatoms. The summed E-state index contributed by atoms with van der Waals surface area (Å²) < 4.78 is 0. The molecule has 1 atom stereocenters. The van der Waals surface area contributed by atoms with Gasteiger partial charge in [-0.3, -0.25) is 4.79 Å². The molecule has 1 saturated heterocycles. The molecule has 0 saturated carbocycles. The molecule has 2 rings (SSSR count). The summed E-state index contributed by atoms with van der Waals surface area (Å²) in [7, 11) is 0. The Bertz CT molecular complexity index is 515. The molecule has 1 aliphatic heterocycles. The zero-order chi connectivity index (χ0) is 14.4. The first-order valence-electron chi connectivity index (χ1n) is 6.95. The second kappa shape index (κ2) is 7.44. The van der Waals surface area contributed by atoms with E-state index in [9.17, 15) is 4.79 Å². The Balaban J connectivity index is 1.92. The molecule has 1 amide bonds. The molecule has 0 aliphatic carbocycles. The molecule has 1 fully saturated rings. The number of carbonyl (C=O) groups excluding carboxylic acids is 1. The summed E-state index contributed by atoms with van der Waals surface area (Å²) in [6.45, 7) is 5.09. The molecule has 2 heterocycles. The molecule has 0 aromatic carbocycles. The van der Waals surface area contributed by atoms with Crippen LogP contribution in [0.1, 0.15) is 34.3 Å². The van der Waals surface area contributed by atoms with E-state index in [-0.39, 0.29) is 18.6 Å². The Morgan fingerprint density at radius 2 is 2.45 bits per heavy atom. The van der Waals surface area contributed by atoms with Crippen LogP contribution in [0.15, 0.2) is 12.1 Å². The zero-order valence-electron chi connectivity index (χ0n) is 11.7. The lowest BCUT2D eigenvalue weighted by molar-refractivity contribution is 0.0910. The molecule has 1 unspecified atom stereocenters. The van der Waals surface area contributed by atoms with E-state index in [0.717, 1.165) is 37.4 Å². The van der Waals surface area contributed by atoms with Gasteiger partial charge in [0.1, 0.15) is 6.61 Å². The SMILES string of the molecule is CCN1CCCC(NC(=O)c2ccc(C#CCO)s2)C1. The molecule has 1 aliphatic rings. The number of likely N-dealkylation sites (tertiary alicyclic amines) is 1. The number of amides is 1. The third-order valence-corrected chi connectivity index (χ3v) is 4.41. The normalized spacial score (nSPS) is 19.2. The van der Waals surface area contributed by atoms with Crippen LogP contribution < -0.4 is 5.32 Å². The fourth-order valence-electron chi connectivity index (χ4n) is 2.37. The average molecular weight is 292 g/mol. The average Bonchev–Trinajstić information content (AvgIpc) is 2.94. The Morgan fingerprint density at radius 1 is 1.60 bits per heavy atom. The van der Waals surface area contributed by atoms with E-state index in [1.54, 1.807) is 6.07 Å². The van der Waals surface area contributed by atoms with E-state index in [1.807, 2.05) is 6.07 Å². The molecule has 2 N–H and O–H groups in total. The lowest BCUT2D eigenvalue weighted by Crippen LogP contribution is -2.47. The van der Waals surface area contributed by atoms with Gasteiger partial charge in [-0.1, -0.05) is 18.8 Å². The fraction of sp³-hybridized carbons (Fsp3) is 0.533. The minimum atomic E-state index is -0.158. The topological polar surface area (TPSA) is 52.6 Å². The van der Waals surface area contributed by atoms with E-state index in [0.29, 0.717) is 4.88 Å². The van der Waals surface area contributed by atoms with Gasteiger partial charge >= 0.3 is 0 Å². The molecular formula is C15H20N2O2S. The van der Waals surface area contributed by atoms with Gasteiger partial charge in [-0.2, -0.15) is 0 Å². The summed E-state index contributed by atoms with van der Waals surface area (Å²) in [6.07, 6.45) is 2.18. The standard InChI is InChI=1S/C15H20N2O2S/c1-2-17-9-3-5-12(11-17)16-15(19)14-8-7-13(20-14)6-4-10-18/h7-8,12,18H,2-3,5,9-11H2,1H3,(H,16,19). The zero-order valence-corrected chi connectivity index (χ0v) is 12.5. The molecule has 0 spiro atoms. The predicted octanol–water partition coefficient (Wildman–Crippen LogP) is 1.31. The lowest BCUT2D eigenvalue weighted by atomic mass is 10.1. The van der Waals surface area contributed by atoms with Crippen LogP contribution in [0.2, 0.25) is 0 Å². The van der Waals surface area contributed by atoms with Crippen molar-refractivity contribution in [3.8, 4) is 11.8 Å². The van der Waals surface area contributed by atoms with E-state index in [4.69, 9.17) is 5.11 Å². The minimum absolute atomic E-state index is 0.0185. The van der Waals surface area contributed by atoms with Gasteiger partial charge in [-0.15, -0.1) is 11.3 Å². The summed E-state index contributed by atoms with van der Waals surface area (Å²) >= 11 is 1.37. The van der Waals surface area contributed by atoms with Gasteiger partial charge in [0, 0.05) is 12.6 Å². The number of aliphatic hydroxyl groups is 1. The van der Waals surface area contributed by atoms with Crippen molar-refractivity contribution in [1.29, 1.82) is 0 Å². The molecule has 1 aromatic heterocycles. The molecule has 4 nitrogen and oxygen atoms in total. The van der Waals surface area contributed by atoms with Gasteiger partial charge < -0.3 is 15.3 Å². The minimum Gasteiger partial charge on any atom is -0.384 e. The first kappa shape index (κ1) is 15.0. The van der Waals surface area contributed by atoms with Crippen LogP contribution in [0.4, 0.5) is 0 Å². The second-order valence-electron chi connectivity index (χ2n) is 4.83. The van der Waals surface area contributed by atoms with Crippen LogP contribution >= 0.6 is 11.3 Å². The highest BCUT2D eigenvalue weighted by molar-refractivity contribution is 7.14. The number of rotatable bonds is 3. The number of nitrogens with zero attached hydrogens (tertiary/aromatic N) is 1. The Labute approximate surface area is 123 Å². The van der Waals surface area contributed by atoms with E-state index >= 15 is 0 Å². The van der Waals surface area contributed by atoms with Gasteiger partial charge in [-0.05, 0) is 38.1 Å². The van der Waals surface area contributed by atoms with Crippen LogP contribution in [0.25, 0.3) is 0 Å². The van der Waals surface area contributed by atoms with Crippen LogP contribution in [-0.2, 0) is 0 Å². The second-order valence-corrected chi connectivity index (χ2v) is 5.91. The molecular weight excluding hydrogens is 272 g/mol. The third-order valence-electron chi connectivity index (χ3n) is 3.41. The van der Waals surface area contributed by atoms with Gasteiger partial charge in [-0.25, -0.2) is 0 Å². The van der Waals surface area contributed by atoms with Crippen LogP contribution in [0, 0.1) is 11.8 Å².